The van der Waals surface area contributed by atoms with E-state index in [1.807, 2.05) is 39.0 Å². The van der Waals surface area contributed by atoms with E-state index < -0.39 is 7.82 Å². The molecule has 3 aromatic rings. The van der Waals surface area contributed by atoms with Gasteiger partial charge in [0.2, 0.25) is 0 Å². The molecule has 0 unspecified atom stereocenters. The molecule has 0 fully saturated rings. The third-order valence-corrected chi connectivity index (χ3v) is 11.2. The van der Waals surface area contributed by atoms with Crippen molar-refractivity contribution in [3.63, 3.8) is 0 Å². The van der Waals surface area contributed by atoms with Gasteiger partial charge in [-0.25, -0.2) is 0 Å². The van der Waals surface area contributed by atoms with Crippen LogP contribution in [0, 0.1) is 20.8 Å². The Morgan fingerprint density at radius 3 is 1.03 bits per heavy atom. The summed E-state index contributed by atoms with van der Waals surface area (Å²) in [7, 11) is -4.24. The molecular weight excluding hydrogens is 827 g/mol. The van der Waals surface area contributed by atoms with Crippen LogP contribution in [0.3, 0.4) is 0 Å². The van der Waals surface area contributed by atoms with Crippen LogP contribution in [0.1, 0.15) is 16.7 Å². The van der Waals surface area contributed by atoms with Crippen molar-refractivity contribution < 1.29 is 18.1 Å². The van der Waals surface area contributed by atoms with Crippen molar-refractivity contribution in [1.82, 2.24) is 0 Å². The Balaban J connectivity index is 2.12. The maximum absolute atomic E-state index is 14.1. The van der Waals surface area contributed by atoms with Gasteiger partial charge in [-0.2, -0.15) is 4.57 Å². The Morgan fingerprint density at radius 2 is 0.781 bits per heavy atom. The molecule has 3 rings (SSSR count). The van der Waals surface area contributed by atoms with E-state index in [0.29, 0.717) is 30.7 Å². The van der Waals surface area contributed by atoms with Crippen molar-refractivity contribution in [2.75, 3.05) is 0 Å². The Kier molecular flexibility index (Phi) is 9.06. The standard InChI is InChI=1S/C21H15Br6O4P/c1-10-4-13(22)19(25)16(7-10)29-32(28,30-17-8-11(2)5-14(23)20(17)26)31-18-9-12(3)6-15(24)21(18)27/h4-9H,1-3H3. The predicted molar refractivity (Wildman–Crippen MR) is 149 cm³/mol. The number of phosphoric ester groups is 1. The van der Waals surface area contributed by atoms with Gasteiger partial charge in [-0.15, -0.1) is 0 Å². The van der Waals surface area contributed by atoms with Crippen LogP contribution in [0.25, 0.3) is 0 Å². The highest BCUT2D eigenvalue weighted by Crippen LogP contribution is 2.55. The maximum atomic E-state index is 14.1. The van der Waals surface area contributed by atoms with Gasteiger partial charge in [0.1, 0.15) is 17.2 Å². The summed E-state index contributed by atoms with van der Waals surface area (Å²) in [4.78, 5) is 0. The Bertz CT molecular complexity index is 1100. The van der Waals surface area contributed by atoms with Crippen molar-refractivity contribution in [3.05, 3.63) is 79.9 Å². The number of hydrogen-bond donors (Lipinski definition) is 0. The van der Waals surface area contributed by atoms with E-state index in [4.69, 9.17) is 13.6 Å². The lowest BCUT2D eigenvalue weighted by Crippen LogP contribution is -2.09. The second kappa shape index (κ2) is 10.8. The molecule has 0 aliphatic heterocycles. The fraction of sp³-hybridized carbons (Fsp3) is 0.143. The molecule has 0 aliphatic carbocycles. The minimum absolute atomic E-state index is 0.311. The molecule has 3 aromatic carbocycles. The van der Waals surface area contributed by atoms with E-state index in [-0.39, 0.29) is 0 Å². The van der Waals surface area contributed by atoms with Gasteiger partial charge in [0.25, 0.3) is 0 Å². The van der Waals surface area contributed by atoms with Crippen LogP contribution >= 0.6 is 103 Å². The molecule has 0 aliphatic rings. The largest absolute Gasteiger partial charge is 0.647 e. The van der Waals surface area contributed by atoms with Crippen LogP contribution in [0.4, 0.5) is 0 Å². The summed E-state index contributed by atoms with van der Waals surface area (Å²) >= 11 is 20.8. The molecule has 0 radical (unpaired) electrons. The summed E-state index contributed by atoms with van der Waals surface area (Å²) < 4.78 is 35.9. The van der Waals surface area contributed by atoms with Crippen molar-refractivity contribution in [2.45, 2.75) is 20.8 Å². The normalized spacial score (nSPS) is 11.4. The third kappa shape index (κ3) is 6.43. The van der Waals surface area contributed by atoms with Gasteiger partial charge >= 0.3 is 7.82 Å². The van der Waals surface area contributed by atoms with Crippen LogP contribution in [0.15, 0.2) is 63.2 Å². The zero-order valence-corrected chi connectivity index (χ0v) is 27.2. The highest BCUT2D eigenvalue weighted by atomic mass is 79.9. The summed E-state index contributed by atoms with van der Waals surface area (Å²) in [5.74, 6) is 0.933. The van der Waals surface area contributed by atoms with Crippen molar-refractivity contribution in [2.24, 2.45) is 0 Å². The second-order valence-electron chi connectivity index (χ2n) is 6.90. The first-order valence-electron chi connectivity index (χ1n) is 8.94. The van der Waals surface area contributed by atoms with Crippen molar-refractivity contribution in [3.8, 4) is 17.2 Å². The molecular formula is C21H15Br6O4P. The second-order valence-corrected chi connectivity index (χ2v) is 13.3. The Labute approximate surface area is 237 Å². The molecule has 170 valence electrons. The summed E-state index contributed by atoms with van der Waals surface area (Å²) in [6.07, 6.45) is 0. The molecule has 0 heterocycles. The molecule has 11 heteroatoms. The van der Waals surface area contributed by atoms with E-state index in [9.17, 15) is 4.57 Å². The molecule has 0 saturated heterocycles. The summed E-state index contributed by atoms with van der Waals surface area (Å²) in [6, 6.07) is 11.0. The third-order valence-electron chi connectivity index (χ3n) is 4.05. The lowest BCUT2D eigenvalue weighted by atomic mass is 10.2. The SMILES string of the molecule is Cc1cc(Br)c(Br)c(OP(=O)(Oc2cc(C)cc(Br)c2Br)Oc2cc(C)cc(Br)c2Br)c1. The first-order chi connectivity index (χ1) is 14.9. The number of benzene rings is 3. The van der Waals surface area contributed by atoms with E-state index in [1.54, 1.807) is 18.2 Å². The summed E-state index contributed by atoms with van der Waals surface area (Å²) in [6.45, 7) is 5.71. The smallest absolute Gasteiger partial charge is 0.385 e. The number of phosphoric acid groups is 1. The molecule has 0 bridgehead atoms. The minimum Gasteiger partial charge on any atom is -0.385 e. The van der Waals surface area contributed by atoms with Gasteiger partial charge in [-0.3, -0.25) is 0 Å². The first-order valence-corrected chi connectivity index (χ1v) is 15.2. The van der Waals surface area contributed by atoms with Crippen molar-refractivity contribution >= 4 is 103 Å². The highest BCUT2D eigenvalue weighted by molar-refractivity contribution is 9.13. The average Bonchev–Trinajstić information content (AvgIpc) is 2.67. The van der Waals surface area contributed by atoms with Gasteiger partial charge < -0.3 is 13.6 Å². The van der Waals surface area contributed by atoms with Crippen LogP contribution < -0.4 is 13.6 Å². The van der Waals surface area contributed by atoms with Gasteiger partial charge in [-0.1, -0.05) is 0 Å². The highest BCUT2D eigenvalue weighted by Gasteiger charge is 2.36. The molecule has 4 nitrogen and oxygen atoms in total. The minimum atomic E-state index is -4.24. The van der Waals surface area contributed by atoms with E-state index in [0.717, 1.165) is 30.1 Å². The van der Waals surface area contributed by atoms with Gasteiger partial charge in [-0.05, 0) is 169 Å². The maximum Gasteiger partial charge on any atom is 0.647 e. The zero-order valence-electron chi connectivity index (χ0n) is 16.8. The molecule has 0 N–H and O–H groups in total. The van der Waals surface area contributed by atoms with E-state index >= 15 is 0 Å². The molecule has 0 amide bonds. The van der Waals surface area contributed by atoms with Gasteiger partial charge in [0.05, 0.1) is 13.4 Å². The lowest BCUT2D eigenvalue weighted by Gasteiger charge is -2.22. The zero-order chi connectivity index (χ0) is 23.8. The summed E-state index contributed by atoms with van der Waals surface area (Å²) in [5.41, 5.74) is 2.71. The molecule has 0 saturated carbocycles. The monoisotopic (exact) mass is 836 g/mol. The quantitative estimate of drug-likeness (QED) is 0.232. The van der Waals surface area contributed by atoms with Crippen LogP contribution in [0.5, 0.6) is 17.2 Å². The topological polar surface area (TPSA) is 44.8 Å². The fourth-order valence-electron chi connectivity index (χ4n) is 2.69. The number of hydrogen-bond acceptors (Lipinski definition) is 4. The van der Waals surface area contributed by atoms with Crippen LogP contribution in [0.2, 0.25) is 0 Å². The fourth-order valence-corrected chi connectivity index (χ4v) is 6.94. The number of rotatable bonds is 6. The average molecular weight is 842 g/mol. The first kappa shape index (κ1) is 26.8. The van der Waals surface area contributed by atoms with Gasteiger partial charge in [0.15, 0.2) is 0 Å². The predicted octanol–water partition coefficient (Wildman–Crippen LogP) is 10.8. The summed E-state index contributed by atoms with van der Waals surface area (Å²) in [5, 5.41) is 0. The molecule has 32 heavy (non-hydrogen) atoms. The Morgan fingerprint density at radius 1 is 0.531 bits per heavy atom. The van der Waals surface area contributed by atoms with Gasteiger partial charge in [0, 0.05) is 13.4 Å². The van der Waals surface area contributed by atoms with Crippen LogP contribution in [-0.4, -0.2) is 0 Å². The van der Waals surface area contributed by atoms with Crippen molar-refractivity contribution in [1.29, 1.82) is 0 Å². The lowest BCUT2D eigenvalue weighted by molar-refractivity contribution is 0.296. The number of halogens is 6. The van der Waals surface area contributed by atoms with E-state index in [1.165, 1.54) is 0 Å². The molecule has 0 atom stereocenters. The van der Waals surface area contributed by atoms with E-state index in [2.05, 4.69) is 95.6 Å². The molecule has 0 aromatic heterocycles. The number of aryl methyl sites for hydroxylation is 3. The molecule has 0 spiro atoms. The van der Waals surface area contributed by atoms with Crippen LogP contribution in [-0.2, 0) is 4.57 Å². The Hall–Kier alpha value is 0.170.